The lowest BCUT2D eigenvalue weighted by Gasteiger charge is -2.60. The van der Waals surface area contributed by atoms with Gasteiger partial charge < -0.3 is 19.7 Å². The second kappa shape index (κ2) is 7.02. The van der Waals surface area contributed by atoms with Gasteiger partial charge in [0.1, 0.15) is 11.9 Å². The fourth-order valence-corrected chi connectivity index (χ4v) is 10.2. The zero-order valence-electron chi connectivity index (χ0n) is 20.3. The van der Waals surface area contributed by atoms with E-state index in [0.717, 1.165) is 25.7 Å². The number of ketones is 1. The van der Waals surface area contributed by atoms with Gasteiger partial charge in [-0.25, -0.2) is 0 Å². The van der Waals surface area contributed by atoms with E-state index < -0.39 is 11.9 Å². The molecule has 0 aromatic rings. The van der Waals surface area contributed by atoms with Gasteiger partial charge in [-0.15, -0.1) is 0 Å². The minimum absolute atomic E-state index is 0.0453. The molecule has 0 amide bonds. The Balaban J connectivity index is 1.29. The van der Waals surface area contributed by atoms with E-state index in [0.29, 0.717) is 54.8 Å². The van der Waals surface area contributed by atoms with E-state index in [9.17, 15) is 15.0 Å². The Kier molecular flexibility index (Phi) is 4.83. The second-order valence-corrected chi connectivity index (χ2v) is 13.2. The molecule has 4 aliphatic carbocycles. The van der Waals surface area contributed by atoms with Crippen LogP contribution >= 0.6 is 0 Å². The van der Waals surface area contributed by atoms with Crippen LogP contribution in [0, 0.1) is 52.3 Å². The molecular weight excluding hydrogens is 404 g/mol. The molecule has 0 aromatic heterocycles. The number of aliphatic hydroxyl groups is 2. The summed E-state index contributed by atoms with van der Waals surface area (Å²) in [6, 6.07) is 0. The molecule has 180 valence electrons. The van der Waals surface area contributed by atoms with Gasteiger partial charge in [0.25, 0.3) is 0 Å². The van der Waals surface area contributed by atoms with Crippen LogP contribution < -0.4 is 0 Å². The molecule has 0 radical (unpaired) electrons. The number of hydrogen-bond donors (Lipinski definition) is 2. The van der Waals surface area contributed by atoms with E-state index in [-0.39, 0.29) is 34.9 Å². The van der Waals surface area contributed by atoms with Gasteiger partial charge in [0.15, 0.2) is 5.79 Å². The van der Waals surface area contributed by atoms with Crippen LogP contribution in [0.5, 0.6) is 0 Å². The molecule has 2 aliphatic heterocycles. The van der Waals surface area contributed by atoms with Gasteiger partial charge >= 0.3 is 0 Å². The van der Waals surface area contributed by atoms with Crippen molar-refractivity contribution in [2.24, 2.45) is 52.3 Å². The van der Waals surface area contributed by atoms with E-state index in [1.54, 1.807) is 0 Å². The van der Waals surface area contributed by atoms with Crippen molar-refractivity contribution in [3.8, 4) is 0 Å². The van der Waals surface area contributed by atoms with Gasteiger partial charge in [-0.2, -0.15) is 0 Å². The van der Waals surface area contributed by atoms with E-state index in [1.165, 1.54) is 12.8 Å². The number of hydrogen-bond acceptors (Lipinski definition) is 5. The Morgan fingerprint density at radius 2 is 1.72 bits per heavy atom. The maximum atomic E-state index is 13.4. The predicted octanol–water partition coefficient (Wildman–Crippen LogP) is 3.94. The molecule has 13 atom stereocenters. The minimum atomic E-state index is -0.842. The number of carbonyl (C=O) groups excluding carboxylic acids is 1. The Hall–Kier alpha value is -0.490. The first-order chi connectivity index (χ1) is 15.1. The van der Waals surface area contributed by atoms with Crippen molar-refractivity contribution in [1.29, 1.82) is 0 Å². The topological polar surface area (TPSA) is 76.0 Å². The number of ether oxygens (including phenoxy) is 2. The molecule has 2 saturated heterocycles. The number of fused-ring (bicyclic) bond motifs is 7. The van der Waals surface area contributed by atoms with E-state index in [4.69, 9.17) is 9.47 Å². The van der Waals surface area contributed by atoms with Gasteiger partial charge in [0.05, 0.1) is 18.8 Å². The van der Waals surface area contributed by atoms with Crippen molar-refractivity contribution < 1.29 is 24.5 Å². The van der Waals surface area contributed by atoms with Crippen LogP contribution in [0.15, 0.2) is 0 Å². The highest BCUT2D eigenvalue weighted by molar-refractivity contribution is 5.83. The lowest BCUT2D eigenvalue weighted by atomic mass is 9.44. The van der Waals surface area contributed by atoms with Crippen molar-refractivity contribution in [2.45, 2.75) is 103 Å². The van der Waals surface area contributed by atoms with Crippen molar-refractivity contribution in [2.75, 3.05) is 6.61 Å². The predicted molar refractivity (Wildman–Crippen MR) is 120 cm³/mol. The second-order valence-electron chi connectivity index (χ2n) is 13.2. The SMILES string of the molecule is C[C@@H]1CO[C@@]2(OC3C[C@H]4[C@@H]5CC(=O)[C@H]6C[C@@H](O)CC[C@]6(C)[C@H]5CC[C@]4(C)C3[C@@H]2C)C(O)C1. The third-order valence-electron chi connectivity index (χ3n) is 11.7. The van der Waals surface area contributed by atoms with Crippen molar-refractivity contribution in [3.63, 3.8) is 0 Å². The molecule has 5 heteroatoms. The molecule has 6 aliphatic rings. The van der Waals surface area contributed by atoms with Crippen LogP contribution in [0.25, 0.3) is 0 Å². The zero-order valence-corrected chi connectivity index (χ0v) is 20.3. The highest BCUT2D eigenvalue weighted by Crippen LogP contribution is 2.71. The number of carbonyl (C=O) groups is 1. The summed E-state index contributed by atoms with van der Waals surface area (Å²) in [6.45, 7) is 9.85. The largest absolute Gasteiger partial charge is 0.393 e. The Bertz CT molecular complexity index is 799. The average Bonchev–Trinajstić information content (AvgIpc) is 3.18. The maximum Gasteiger partial charge on any atom is 0.197 e. The van der Waals surface area contributed by atoms with Gasteiger partial charge in [-0.1, -0.05) is 27.7 Å². The van der Waals surface area contributed by atoms with Crippen LogP contribution in [-0.4, -0.2) is 46.7 Å². The van der Waals surface area contributed by atoms with Gasteiger partial charge in [-0.3, -0.25) is 4.79 Å². The Labute approximate surface area is 192 Å². The van der Waals surface area contributed by atoms with Crippen molar-refractivity contribution >= 4 is 5.78 Å². The van der Waals surface area contributed by atoms with E-state index >= 15 is 0 Å². The maximum absolute atomic E-state index is 13.4. The molecule has 1 spiro atoms. The number of aliphatic hydroxyl groups excluding tert-OH is 2. The Morgan fingerprint density at radius 3 is 2.47 bits per heavy atom. The molecule has 0 aromatic carbocycles. The van der Waals surface area contributed by atoms with Crippen LogP contribution in [0.3, 0.4) is 0 Å². The van der Waals surface area contributed by atoms with Crippen LogP contribution in [-0.2, 0) is 14.3 Å². The number of rotatable bonds is 0. The molecule has 2 N–H and O–H groups in total. The van der Waals surface area contributed by atoms with Crippen LogP contribution in [0.1, 0.15) is 79.1 Å². The van der Waals surface area contributed by atoms with Gasteiger partial charge in [0, 0.05) is 18.3 Å². The van der Waals surface area contributed by atoms with E-state index in [2.05, 4.69) is 27.7 Å². The summed E-state index contributed by atoms with van der Waals surface area (Å²) < 4.78 is 13.0. The van der Waals surface area contributed by atoms with Gasteiger partial charge in [-0.05, 0) is 85.4 Å². The highest BCUT2D eigenvalue weighted by atomic mass is 16.7. The van der Waals surface area contributed by atoms with Gasteiger partial charge in [0.2, 0.25) is 0 Å². The Morgan fingerprint density at radius 1 is 0.969 bits per heavy atom. The smallest absolute Gasteiger partial charge is 0.197 e. The summed E-state index contributed by atoms with van der Waals surface area (Å²) in [4.78, 5) is 13.4. The molecule has 6 fully saturated rings. The molecule has 3 unspecified atom stereocenters. The van der Waals surface area contributed by atoms with Crippen molar-refractivity contribution in [3.05, 3.63) is 0 Å². The quantitative estimate of drug-likeness (QED) is 0.589. The third kappa shape index (κ3) is 2.69. The monoisotopic (exact) mass is 446 g/mol. The molecule has 5 nitrogen and oxygen atoms in total. The highest BCUT2D eigenvalue weighted by Gasteiger charge is 2.71. The molecule has 32 heavy (non-hydrogen) atoms. The normalized spacial score (nSPS) is 61.8. The first-order valence-corrected chi connectivity index (χ1v) is 13.3. The summed E-state index contributed by atoms with van der Waals surface area (Å²) in [7, 11) is 0. The summed E-state index contributed by atoms with van der Waals surface area (Å²) in [5, 5.41) is 21.3. The standard InChI is InChI=1S/C27H42O5/c1-14-9-23(30)27(31-13-14)15(2)24-22(32-27)12-19-17-11-21(29)20-10-16(28)5-7-25(20,3)18(17)6-8-26(19,24)4/h14-20,22-24,28,30H,5-13H2,1-4H3/t14-,15-,16-,17+,18-,19-,20+,22?,23?,24?,25+,26-,27-/m0/s1. The fourth-order valence-electron chi connectivity index (χ4n) is 10.2. The summed E-state index contributed by atoms with van der Waals surface area (Å²) >= 11 is 0. The van der Waals surface area contributed by atoms with Crippen LogP contribution in [0.4, 0.5) is 0 Å². The zero-order chi connectivity index (χ0) is 22.6. The minimum Gasteiger partial charge on any atom is -0.393 e. The van der Waals surface area contributed by atoms with Crippen LogP contribution in [0.2, 0.25) is 0 Å². The molecule has 0 bridgehead atoms. The fraction of sp³-hybridized carbons (Fsp3) is 0.963. The first kappa shape index (κ1) is 22.0. The lowest BCUT2D eigenvalue weighted by molar-refractivity contribution is -0.316. The third-order valence-corrected chi connectivity index (χ3v) is 11.7. The summed E-state index contributed by atoms with van der Waals surface area (Å²) in [5.74, 6) is 2.03. The average molecular weight is 447 g/mol. The number of Topliss-reactive ketones (excluding diaryl/α,β-unsaturated/α-hetero) is 1. The molecule has 6 rings (SSSR count). The van der Waals surface area contributed by atoms with Crippen molar-refractivity contribution in [1.82, 2.24) is 0 Å². The summed E-state index contributed by atoms with van der Waals surface area (Å²) in [5.41, 5.74) is 0.184. The van der Waals surface area contributed by atoms with E-state index in [1.807, 2.05) is 0 Å². The molecule has 2 heterocycles. The molecule has 4 saturated carbocycles. The first-order valence-electron chi connectivity index (χ1n) is 13.3. The lowest BCUT2D eigenvalue weighted by Crippen LogP contribution is -2.59. The molecular formula is C27H42O5. The summed E-state index contributed by atoms with van der Waals surface area (Å²) in [6.07, 6.45) is 6.53.